The van der Waals surface area contributed by atoms with Crippen molar-refractivity contribution in [3.8, 4) is 0 Å². The van der Waals surface area contributed by atoms with E-state index in [1.165, 1.54) is 32.4 Å². The van der Waals surface area contributed by atoms with Crippen LogP contribution in [0.2, 0.25) is 0 Å². The first-order valence-corrected chi connectivity index (χ1v) is 15.1. The van der Waals surface area contributed by atoms with E-state index in [-0.39, 0.29) is 39.8 Å². The Hall–Kier alpha value is -5.91. The second-order valence-electron chi connectivity index (χ2n) is 11.5. The van der Waals surface area contributed by atoms with Gasteiger partial charge in [0.25, 0.3) is 11.5 Å². The van der Waals surface area contributed by atoms with Gasteiger partial charge in [0.05, 0.1) is 36.7 Å². The van der Waals surface area contributed by atoms with Crippen LogP contribution in [0.1, 0.15) is 49.1 Å². The number of aromatic nitrogens is 1. The van der Waals surface area contributed by atoms with E-state index in [0.29, 0.717) is 31.0 Å². The lowest BCUT2D eigenvalue weighted by Gasteiger charge is -2.44. The third kappa shape index (κ3) is 6.71. The van der Waals surface area contributed by atoms with Gasteiger partial charge in [-0.1, -0.05) is 24.3 Å². The number of piperidine rings is 1. The molecule has 0 saturated carbocycles. The summed E-state index contributed by atoms with van der Waals surface area (Å²) >= 11 is 0. The summed E-state index contributed by atoms with van der Waals surface area (Å²) in [7, 11) is 2.42. The van der Waals surface area contributed by atoms with E-state index in [1.54, 1.807) is 42.5 Å². The van der Waals surface area contributed by atoms with Crippen molar-refractivity contribution in [2.24, 2.45) is 5.92 Å². The Labute approximate surface area is 270 Å². The molecule has 0 aliphatic carbocycles. The van der Waals surface area contributed by atoms with Crippen LogP contribution in [-0.4, -0.2) is 55.8 Å². The van der Waals surface area contributed by atoms with Gasteiger partial charge in [-0.05, 0) is 66.9 Å². The van der Waals surface area contributed by atoms with Crippen LogP contribution in [0, 0.1) is 5.92 Å². The molecule has 3 aromatic carbocycles. The highest BCUT2D eigenvalue weighted by atomic mass is 16.5. The molecule has 3 amide bonds. The molecule has 12 nitrogen and oxygen atoms in total. The van der Waals surface area contributed by atoms with Gasteiger partial charge in [-0.2, -0.15) is 0 Å². The molecule has 2 aliphatic rings. The van der Waals surface area contributed by atoms with Crippen molar-refractivity contribution < 1.29 is 28.7 Å². The smallest absolute Gasteiger partial charge is 0.337 e. The highest BCUT2D eigenvalue weighted by Gasteiger charge is 2.35. The number of esters is 2. The Morgan fingerprint density at radius 1 is 0.702 bits per heavy atom. The zero-order valence-electron chi connectivity index (χ0n) is 25.8. The fourth-order valence-electron chi connectivity index (χ4n) is 6.33. The summed E-state index contributed by atoms with van der Waals surface area (Å²) in [5, 5.41) is 8.48. The number of pyridine rings is 1. The maximum absolute atomic E-state index is 13.5. The van der Waals surface area contributed by atoms with E-state index in [2.05, 4.69) is 20.9 Å². The van der Waals surface area contributed by atoms with E-state index in [4.69, 9.17) is 9.47 Å². The molecular weight excluding hydrogens is 602 g/mol. The fraction of sp³-hybridized carbons (Fsp3) is 0.229. The van der Waals surface area contributed by atoms with E-state index in [0.717, 1.165) is 17.8 Å². The number of carbonyl (C=O) groups excluding carboxylic acids is 4. The molecular formula is C35H33N5O7. The molecule has 3 heterocycles. The SMILES string of the molecule is COC(=O)c1cc(NC(=O)c2ccc(N3CC4CC(C3)c3cccc(=O)n3C4)c(NC(=O)Nc3ccccc3)c2)cc(C(=O)OC)c1. The first-order chi connectivity index (χ1) is 22.7. The average molecular weight is 636 g/mol. The molecule has 4 aromatic rings. The third-order valence-corrected chi connectivity index (χ3v) is 8.39. The quantitative estimate of drug-likeness (QED) is 0.242. The van der Waals surface area contributed by atoms with Crippen molar-refractivity contribution >= 4 is 46.6 Å². The van der Waals surface area contributed by atoms with Gasteiger partial charge in [0.1, 0.15) is 0 Å². The van der Waals surface area contributed by atoms with Gasteiger partial charge in [-0.15, -0.1) is 0 Å². The monoisotopic (exact) mass is 635 g/mol. The highest BCUT2D eigenvalue weighted by Crippen LogP contribution is 2.39. The Kier molecular flexibility index (Phi) is 8.74. The van der Waals surface area contributed by atoms with Crippen molar-refractivity contribution in [3.63, 3.8) is 0 Å². The summed E-state index contributed by atoms with van der Waals surface area (Å²) in [5.41, 5.74) is 3.24. The van der Waals surface area contributed by atoms with Crippen LogP contribution in [0.5, 0.6) is 0 Å². The number of methoxy groups -OCH3 is 2. The van der Waals surface area contributed by atoms with Gasteiger partial charge in [0, 0.05) is 54.3 Å². The number of urea groups is 1. The highest BCUT2D eigenvalue weighted by molar-refractivity contribution is 6.08. The Morgan fingerprint density at radius 3 is 2.13 bits per heavy atom. The molecule has 3 N–H and O–H groups in total. The van der Waals surface area contributed by atoms with Crippen LogP contribution in [0.25, 0.3) is 0 Å². The fourth-order valence-corrected chi connectivity index (χ4v) is 6.33. The molecule has 1 saturated heterocycles. The summed E-state index contributed by atoms with van der Waals surface area (Å²) in [4.78, 5) is 66.0. The second kappa shape index (κ2) is 13.2. The number of ether oxygens (including phenoxy) is 2. The minimum atomic E-state index is -0.690. The minimum Gasteiger partial charge on any atom is -0.465 e. The van der Waals surface area contributed by atoms with Crippen LogP contribution < -0.4 is 26.4 Å². The number of amides is 3. The number of para-hydroxylation sites is 1. The van der Waals surface area contributed by atoms with E-state index in [1.807, 2.05) is 28.8 Å². The lowest BCUT2D eigenvalue weighted by atomic mass is 9.83. The molecule has 0 radical (unpaired) electrons. The van der Waals surface area contributed by atoms with Crippen LogP contribution in [-0.2, 0) is 16.0 Å². The Morgan fingerprint density at radius 2 is 1.43 bits per heavy atom. The first-order valence-electron chi connectivity index (χ1n) is 15.1. The second-order valence-corrected chi connectivity index (χ2v) is 11.5. The number of nitrogens with one attached hydrogen (secondary N) is 3. The Balaban J connectivity index is 1.31. The number of benzene rings is 3. The van der Waals surface area contributed by atoms with E-state index >= 15 is 0 Å². The largest absolute Gasteiger partial charge is 0.465 e. The number of hydrogen-bond acceptors (Lipinski definition) is 8. The van der Waals surface area contributed by atoms with Crippen molar-refractivity contribution in [2.45, 2.75) is 18.9 Å². The zero-order chi connectivity index (χ0) is 33.1. The maximum atomic E-state index is 13.5. The average Bonchev–Trinajstić information content (AvgIpc) is 3.08. The van der Waals surface area contributed by atoms with Crippen molar-refractivity contribution in [2.75, 3.05) is 48.2 Å². The molecule has 240 valence electrons. The number of carbonyl (C=O) groups is 4. The number of nitrogens with zero attached hydrogens (tertiary/aromatic N) is 2. The van der Waals surface area contributed by atoms with Gasteiger partial charge >= 0.3 is 18.0 Å². The number of fused-ring (bicyclic) bond motifs is 4. The molecule has 47 heavy (non-hydrogen) atoms. The summed E-state index contributed by atoms with van der Waals surface area (Å²) in [6, 6.07) is 23.0. The normalized spacial score (nSPS) is 16.3. The number of anilines is 4. The van der Waals surface area contributed by atoms with Crippen molar-refractivity contribution in [3.05, 3.63) is 118 Å². The summed E-state index contributed by atoms with van der Waals surface area (Å²) in [6.45, 7) is 1.89. The van der Waals surface area contributed by atoms with Crippen LogP contribution >= 0.6 is 0 Å². The van der Waals surface area contributed by atoms with Gasteiger partial charge in [-0.3, -0.25) is 9.59 Å². The Bertz CT molecular complexity index is 1890. The predicted molar refractivity (Wildman–Crippen MR) is 176 cm³/mol. The molecule has 2 aliphatic heterocycles. The lowest BCUT2D eigenvalue weighted by molar-refractivity contribution is 0.0598. The van der Waals surface area contributed by atoms with Crippen LogP contribution in [0.3, 0.4) is 0 Å². The standard InChI is InChI=1S/C35H33N5O7/c1-46-33(43)23-14-24(34(44)47-2)16-27(15-23)36-32(42)22-11-12-30(28(17-22)38-35(45)37-26-7-4-3-5-8-26)39-18-21-13-25(20-39)29-9-6-10-31(41)40(29)19-21/h3-12,14-17,21,25H,13,18-20H2,1-2H3,(H,36,42)(H2,37,38,45). The number of hydrogen-bond donors (Lipinski definition) is 3. The molecule has 0 spiro atoms. The summed E-state index contributed by atoms with van der Waals surface area (Å²) in [5.74, 6) is -1.57. The summed E-state index contributed by atoms with van der Waals surface area (Å²) in [6.07, 6.45) is 0.954. The van der Waals surface area contributed by atoms with Crippen molar-refractivity contribution in [1.29, 1.82) is 0 Å². The van der Waals surface area contributed by atoms with Gasteiger partial charge in [-0.25, -0.2) is 14.4 Å². The lowest BCUT2D eigenvalue weighted by Crippen LogP contribution is -2.47. The summed E-state index contributed by atoms with van der Waals surface area (Å²) < 4.78 is 11.5. The molecule has 2 bridgehead atoms. The van der Waals surface area contributed by atoms with Crippen LogP contribution in [0.15, 0.2) is 89.7 Å². The van der Waals surface area contributed by atoms with E-state index in [9.17, 15) is 24.0 Å². The van der Waals surface area contributed by atoms with Gasteiger partial charge < -0.3 is 34.9 Å². The van der Waals surface area contributed by atoms with Crippen LogP contribution in [0.4, 0.5) is 27.5 Å². The number of rotatable bonds is 7. The molecule has 6 rings (SSSR count). The van der Waals surface area contributed by atoms with E-state index < -0.39 is 23.9 Å². The minimum absolute atomic E-state index is 0.00298. The predicted octanol–water partition coefficient (Wildman–Crippen LogP) is 4.94. The molecule has 1 aromatic heterocycles. The van der Waals surface area contributed by atoms with Gasteiger partial charge in [0.2, 0.25) is 0 Å². The zero-order valence-corrected chi connectivity index (χ0v) is 25.8. The van der Waals surface area contributed by atoms with Gasteiger partial charge in [0.15, 0.2) is 0 Å². The molecule has 12 heteroatoms. The maximum Gasteiger partial charge on any atom is 0.337 e. The molecule has 2 unspecified atom stereocenters. The topological polar surface area (TPSA) is 148 Å². The third-order valence-electron chi connectivity index (χ3n) is 8.39. The first kappa shape index (κ1) is 31.1. The molecule has 2 atom stereocenters. The van der Waals surface area contributed by atoms with Crippen molar-refractivity contribution in [1.82, 2.24) is 4.57 Å². The molecule has 1 fully saturated rings.